The fraction of sp³-hybridized carbons (Fsp3) is 1.00. The topological polar surface area (TPSA) is 72.6 Å². The van der Waals surface area contributed by atoms with E-state index in [0.717, 1.165) is 32.1 Å². The molecule has 7 heteroatoms. The number of ether oxygens (including phenoxy) is 1. The maximum atomic E-state index is 12.4. The third-order valence-electron chi connectivity index (χ3n) is 4.93. The molecule has 3 aliphatic rings. The van der Waals surface area contributed by atoms with Gasteiger partial charge in [-0.25, -0.2) is 12.7 Å². The summed E-state index contributed by atoms with van der Waals surface area (Å²) in [6.07, 6.45) is 5.07. The van der Waals surface area contributed by atoms with E-state index in [1.54, 1.807) is 4.31 Å². The first-order valence-electron chi connectivity index (χ1n) is 7.41. The van der Waals surface area contributed by atoms with Crippen molar-refractivity contribution in [3.05, 3.63) is 0 Å². The maximum absolute atomic E-state index is 12.4. The first-order chi connectivity index (χ1) is 9.06. The van der Waals surface area contributed by atoms with Crippen molar-refractivity contribution in [3.63, 3.8) is 0 Å². The summed E-state index contributed by atoms with van der Waals surface area (Å²) in [5.41, 5.74) is 6.14. The second kappa shape index (κ2) is 6.48. The van der Waals surface area contributed by atoms with Crippen LogP contribution in [0, 0.1) is 11.8 Å². The number of hydrogen-bond acceptors (Lipinski definition) is 4. The van der Waals surface area contributed by atoms with Crippen LogP contribution in [0.25, 0.3) is 0 Å². The Morgan fingerprint density at radius 1 is 1.15 bits per heavy atom. The second-order valence-corrected chi connectivity index (χ2v) is 8.26. The molecule has 3 rings (SSSR count). The zero-order valence-corrected chi connectivity index (χ0v) is 13.4. The maximum Gasteiger partial charge on any atom is 0.216 e. The van der Waals surface area contributed by atoms with Crippen molar-refractivity contribution >= 4 is 22.4 Å². The van der Waals surface area contributed by atoms with E-state index in [4.69, 9.17) is 10.5 Å². The molecule has 0 bridgehead atoms. The molecular weight excluding hydrogens is 300 g/mol. The van der Waals surface area contributed by atoms with E-state index in [9.17, 15) is 8.42 Å². The molecule has 4 unspecified atom stereocenters. The molecule has 0 aromatic heterocycles. The van der Waals surface area contributed by atoms with E-state index >= 15 is 0 Å². The summed E-state index contributed by atoms with van der Waals surface area (Å²) >= 11 is 0. The van der Waals surface area contributed by atoms with Crippen LogP contribution in [0.15, 0.2) is 0 Å². The summed E-state index contributed by atoms with van der Waals surface area (Å²) < 4.78 is 32.0. The molecule has 5 nitrogen and oxygen atoms in total. The van der Waals surface area contributed by atoms with E-state index in [1.807, 2.05) is 0 Å². The van der Waals surface area contributed by atoms with E-state index in [2.05, 4.69) is 0 Å². The Morgan fingerprint density at radius 2 is 1.95 bits per heavy atom. The molecule has 2 heterocycles. The Hall–Kier alpha value is 0.120. The van der Waals surface area contributed by atoms with Crippen LogP contribution in [0.2, 0.25) is 0 Å². The first kappa shape index (κ1) is 16.5. The smallest absolute Gasteiger partial charge is 0.216 e. The number of rotatable bonds is 3. The van der Waals surface area contributed by atoms with Crippen molar-refractivity contribution in [1.29, 1.82) is 0 Å². The largest absolute Gasteiger partial charge is 0.377 e. The first-order valence-corrected chi connectivity index (χ1v) is 9.02. The number of hydrogen-bond donors (Lipinski definition) is 1. The van der Waals surface area contributed by atoms with Crippen molar-refractivity contribution in [3.8, 4) is 0 Å². The quantitative estimate of drug-likeness (QED) is 0.840. The van der Waals surface area contributed by atoms with Crippen LogP contribution in [0.1, 0.15) is 32.1 Å². The number of nitrogens with zero attached hydrogens (tertiary/aromatic N) is 1. The van der Waals surface area contributed by atoms with Crippen LogP contribution in [-0.2, 0) is 14.8 Å². The fourth-order valence-corrected chi connectivity index (χ4v) is 5.58. The van der Waals surface area contributed by atoms with Crippen LogP contribution in [0.3, 0.4) is 0 Å². The fourth-order valence-electron chi connectivity index (χ4n) is 3.82. The normalized spacial score (nSPS) is 38.5. The lowest BCUT2D eigenvalue weighted by atomic mass is 9.78. The van der Waals surface area contributed by atoms with Gasteiger partial charge in [-0.05, 0) is 37.5 Å². The molecule has 4 atom stereocenters. The van der Waals surface area contributed by atoms with Crippen LogP contribution in [0.5, 0.6) is 0 Å². The summed E-state index contributed by atoms with van der Waals surface area (Å²) in [6, 6.07) is 0.182. The zero-order valence-electron chi connectivity index (χ0n) is 11.7. The van der Waals surface area contributed by atoms with Crippen LogP contribution in [0.4, 0.5) is 0 Å². The van der Waals surface area contributed by atoms with Crippen LogP contribution >= 0.6 is 12.4 Å². The molecule has 20 heavy (non-hydrogen) atoms. The third kappa shape index (κ3) is 3.30. The minimum Gasteiger partial charge on any atom is -0.377 e. The minimum absolute atomic E-state index is 0. The molecule has 2 aliphatic heterocycles. The number of nitrogens with two attached hydrogens (primary N) is 1. The van der Waals surface area contributed by atoms with E-state index in [0.29, 0.717) is 31.5 Å². The molecule has 0 aromatic carbocycles. The molecule has 2 saturated heterocycles. The standard InChI is InChI=1S/C13H24N2O3S.ClH/c14-13-5-1-3-10-7-15(8-12(10)13)19(16,17)9-11-4-2-6-18-11;/h10-13H,1-9,14H2;1H. The number of fused-ring (bicyclic) bond motifs is 1. The Balaban J connectivity index is 0.00000147. The molecule has 2 N–H and O–H groups in total. The van der Waals surface area contributed by atoms with Gasteiger partial charge in [0.05, 0.1) is 11.9 Å². The Bertz CT molecular complexity index is 425. The minimum atomic E-state index is -3.17. The van der Waals surface area contributed by atoms with Gasteiger partial charge >= 0.3 is 0 Å². The monoisotopic (exact) mass is 324 g/mol. The molecule has 3 fully saturated rings. The Kier molecular flexibility index (Phi) is 5.34. The van der Waals surface area contributed by atoms with Gasteiger partial charge in [0.25, 0.3) is 0 Å². The van der Waals surface area contributed by atoms with Gasteiger partial charge < -0.3 is 10.5 Å². The highest BCUT2D eigenvalue weighted by Crippen LogP contribution is 2.37. The van der Waals surface area contributed by atoms with E-state index in [1.165, 1.54) is 0 Å². The molecule has 0 aromatic rings. The highest BCUT2D eigenvalue weighted by molar-refractivity contribution is 7.89. The lowest BCUT2D eigenvalue weighted by Gasteiger charge is -2.29. The molecule has 0 radical (unpaired) electrons. The zero-order chi connectivity index (χ0) is 13.5. The predicted molar refractivity (Wildman–Crippen MR) is 80.4 cm³/mol. The summed E-state index contributed by atoms with van der Waals surface area (Å²) in [5.74, 6) is 0.998. The van der Waals surface area contributed by atoms with Gasteiger partial charge in [0.1, 0.15) is 0 Å². The lowest BCUT2D eigenvalue weighted by molar-refractivity contribution is 0.126. The van der Waals surface area contributed by atoms with E-state index < -0.39 is 10.0 Å². The highest BCUT2D eigenvalue weighted by Gasteiger charge is 2.43. The van der Waals surface area contributed by atoms with Gasteiger partial charge in [0.15, 0.2) is 0 Å². The van der Waals surface area contributed by atoms with Crippen molar-refractivity contribution in [1.82, 2.24) is 4.31 Å². The highest BCUT2D eigenvalue weighted by atomic mass is 35.5. The van der Waals surface area contributed by atoms with Crippen LogP contribution < -0.4 is 5.73 Å². The summed E-state index contributed by atoms with van der Waals surface area (Å²) in [6.45, 7) is 2.00. The predicted octanol–water partition coefficient (Wildman–Crippen LogP) is 0.976. The third-order valence-corrected chi connectivity index (χ3v) is 6.81. The van der Waals surface area contributed by atoms with Crippen molar-refractivity contribution < 1.29 is 13.2 Å². The Morgan fingerprint density at radius 3 is 2.60 bits per heavy atom. The van der Waals surface area contributed by atoms with Crippen molar-refractivity contribution in [2.45, 2.75) is 44.2 Å². The molecule has 0 amide bonds. The molecule has 1 aliphatic carbocycles. The average molecular weight is 325 g/mol. The summed E-state index contributed by atoms with van der Waals surface area (Å²) in [4.78, 5) is 0. The van der Waals surface area contributed by atoms with Gasteiger partial charge in [-0.2, -0.15) is 0 Å². The molecule has 118 valence electrons. The molecule has 0 spiro atoms. The van der Waals surface area contributed by atoms with Crippen molar-refractivity contribution in [2.24, 2.45) is 17.6 Å². The van der Waals surface area contributed by atoms with E-state index in [-0.39, 0.29) is 30.3 Å². The summed E-state index contributed by atoms with van der Waals surface area (Å²) in [5, 5.41) is 0. The average Bonchev–Trinajstić information content (AvgIpc) is 2.97. The van der Waals surface area contributed by atoms with Gasteiger partial charge in [0.2, 0.25) is 10.0 Å². The lowest BCUT2D eigenvalue weighted by Crippen LogP contribution is -2.39. The molecular formula is C13H25ClN2O3S. The Labute approximate surface area is 127 Å². The van der Waals surface area contributed by atoms with Gasteiger partial charge in [-0.15, -0.1) is 12.4 Å². The van der Waals surface area contributed by atoms with Gasteiger partial charge in [-0.3, -0.25) is 0 Å². The second-order valence-electron chi connectivity index (χ2n) is 6.25. The number of sulfonamides is 1. The molecule has 1 saturated carbocycles. The summed E-state index contributed by atoms with van der Waals surface area (Å²) in [7, 11) is -3.17. The van der Waals surface area contributed by atoms with Gasteiger partial charge in [0, 0.05) is 25.7 Å². The number of halogens is 1. The van der Waals surface area contributed by atoms with Crippen molar-refractivity contribution in [2.75, 3.05) is 25.4 Å². The van der Waals surface area contributed by atoms with Crippen LogP contribution in [-0.4, -0.2) is 50.3 Å². The van der Waals surface area contributed by atoms with Gasteiger partial charge in [-0.1, -0.05) is 6.42 Å². The SMILES string of the molecule is Cl.NC1CCCC2CN(S(=O)(=O)CC3CCCO3)CC12.